The first-order valence-corrected chi connectivity index (χ1v) is 9.63. The van der Waals surface area contributed by atoms with Gasteiger partial charge in [0.25, 0.3) is 11.5 Å². The number of methoxy groups -OCH3 is 1. The molecule has 0 aliphatic carbocycles. The second-order valence-electron chi connectivity index (χ2n) is 7.28. The van der Waals surface area contributed by atoms with Crippen LogP contribution in [0.5, 0.6) is 0 Å². The van der Waals surface area contributed by atoms with E-state index in [0.717, 1.165) is 0 Å². The van der Waals surface area contributed by atoms with Gasteiger partial charge in [-0.2, -0.15) is 4.57 Å². The molecule has 1 saturated heterocycles. The molecule has 0 radical (unpaired) electrons. The van der Waals surface area contributed by atoms with E-state index in [2.05, 4.69) is 10.0 Å². The Morgan fingerprint density at radius 3 is 2.61 bits per heavy atom. The van der Waals surface area contributed by atoms with Gasteiger partial charge in [0.1, 0.15) is 0 Å². The molecule has 0 N–H and O–H groups in total. The van der Waals surface area contributed by atoms with Gasteiger partial charge in [-0.25, -0.2) is 4.79 Å². The lowest BCUT2D eigenvalue weighted by molar-refractivity contribution is -0.142. The van der Waals surface area contributed by atoms with Gasteiger partial charge in [0.05, 0.1) is 19.7 Å². The maximum Gasteiger partial charge on any atom is 0.338 e. The molecule has 2 aromatic rings. The van der Waals surface area contributed by atoms with Crippen molar-refractivity contribution < 1.29 is 14.3 Å². The van der Waals surface area contributed by atoms with Crippen LogP contribution in [0.4, 0.5) is 0 Å². The summed E-state index contributed by atoms with van der Waals surface area (Å²) >= 11 is 0. The number of esters is 1. The number of carbonyl (C=O) groups is 2. The number of ether oxygens (including phenoxy) is 1. The van der Waals surface area contributed by atoms with Crippen molar-refractivity contribution in [3.05, 3.63) is 78.9 Å². The quantitative estimate of drug-likeness (QED) is 0.293. The number of benzene rings is 1. The van der Waals surface area contributed by atoms with E-state index in [1.54, 1.807) is 23.1 Å². The van der Waals surface area contributed by atoms with Crippen LogP contribution >= 0.6 is 0 Å². The molecule has 0 amide bonds. The third-order valence-corrected chi connectivity index (χ3v) is 5.32. The van der Waals surface area contributed by atoms with Crippen LogP contribution in [0.15, 0.2) is 51.2 Å². The highest BCUT2D eigenvalue weighted by Crippen LogP contribution is 2.26. The van der Waals surface area contributed by atoms with E-state index in [4.69, 9.17) is 10.3 Å². The lowest BCUT2D eigenvalue weighted by Crippen LogP contribution is -2.46. The Balaban J connectivity index is 2.01. The summed E-state index contributed by atoms with van der Waals surface area (Å²) in [6.45, 7) is 1.90. The van der Waals surface area contributed by atoms with E-state index >= 15 is 0 Å². The first kappa shape index (κ1) is 22.0. The highest BCUT2D eigenvalue weighted by atomic mass is 16.5. The molecule has 11 heteroatoms. The normalized spacial score (nSPS) is 18.4. The summed E-state index contributed by atoms with van der Waals surface area (Å²) in [7, 11) is 1.28. The number of hydrogen-bond donors (Lipinski definition) is 0. The predicted molar refractivity (Wildman–Crippen MR) is 111 cm³/mol. The van der Waals surface area contributed by atoms with E-state index < -0.39 is 29.2 Å². The monoisotopic (exact) mass is 426 g/mol. The van der Waals surface area contributed by atoms with Gasteiger partial charge < -0.3 is 4.74 Å². The molecule has 1 aromatic heterocycles. The van der Waals surface area contributed by atoms with Gasteiger partial charge in [-0.3, -0.25) is 23.9 Å². The summed E-state index contributed by atoms with van der Waals surface area (Å²) in [5.74, 6) is -1.16. The van der Waals surface area contributed by atoms with Crippen molar-refractivity contribution in [2.24, 2.45) is 5.11 Å². The van der Waals surface area contributed by atoms with Crippen LogP contribution in [0.2, 0.25) is 0 Å². The lowest BCUT2D eigenvalue weighted by atomic mass is 10.1. The molecule has 0 bridgehead atoms. The fourth-order valence-corrected chi connectivity index (χ4v) is 3.75. The minimum Gasteiger partial charge on any atom is -0.468 e. The van der Waals surface area contributed by atoms with Gasteiger partial charge in [-0.05, 0) is 31.0 Å². The number of carbonyl (C=O) groups excluding carboxylic acids is 2. The summed E-state index contributed by atoms with van der Waals surface area (Å²) in [5.41, 5.74) is 7.69. The zero-order valence-electron chi connectivity index (χ0n) is 17.2. The van der Waals surface area contributed by atoms with Crippen LogP contribution in [0, 0.1) is 6.92 Å². The molecule has 1 aliphatic rings. The molecule has 0 spiro atoms. The topological polar surface area (TPSA) is 139 Å². The zero-order chi connectivity index (χ0) is 22.5. The molecular weight excluding hydrogens is 404 g/mol. The van der Waals surface area contributed by atoms with E-state index in [0.29, 0.717) is 11.0 Å². The standard InChI is InChI=1S/C20H22N6O5/c1-13-10-25(16-8-15(9-22-23-21)24(11-16)12-17(27)31-2)20(30)26(18(13)28)19(29)14-6-4-3-5-7-14/h3-7,10,15-16H,8-9,11-12H2,1-2H3/t15-,16-/m1/s1. The van der Waals surface area contributed by atoms with Crippen molar-refractivity contribution in [3.8, 4) is 0 Å². The van der Waals surface area contributed by atoms with Crippen molar-refractivity contribution >= 4 is 11.9 Å². The number of likely N-dealkylation sites (tertiary alicyclic amines) is 1. The molecular formula is C20H22N6O5. The van der Waals surface area contributed by atoms with Crippen LogP contribution in [0.25, 0.3) is 10.4 Å². The molecule has 1 aromatic carbocycles. The van der Waals surface area contributed by atoms with Gasteiger partial charge in [-0.1, -0.05) is 23.3 Å². The van der Waals surface area contributed by atoms with Crippen molar-refractivity contribution in [3.63, 3.8) is 0 Å². The molecule has 0 unspecified atom stereocenters. The SMILES string of the molecule is COC(=O)CN1C[C@H](n2cc(C)c(=O)n(C(=O)c3ccccc3)c2=O)C[C@@H]1CN=[N+]=[N-]. The van der Waals surface area contributed by atoms with Crippen LogP contribution in [0.1, 0.15) is 28.4 Å². The van der Waals surface area contributed by atoms with Gasteiger partial charge in [0.15, 0.2) is 0 Å². The predicted octanol–water partition coefficient (Wildman–Crippen LogP) is 1.11. The molecule has 0 saturated carbocycles. The van der Waals surface area contributed by atoms with Gasteiger partial charge in [-0.15, -0.1) is 0 Å². The Morgan fingerprint density at radius 1 is 1.26 bits per heavy atom. The van der Waals surface area contributed by atoms with Gasteiger partial charge >= 0.3 is 11.7 Å². The molecule has 162 valence electrons. The average Bonchev–Trinajstić information content (AvgIpc) is 3.17. The Kier molecular flexibility index (Phi) is 6.68. The molecule has 11 nitrogen and oxygen atoms in total. The number of rotatable bonds is 6. The summed E-state index contributed by atoms with van der Waals surface area (Å²) in [6.07, 6.45) is 1.82. The number of azide groups is 1. The molecule has 2 atom stereocenters. The number of nitrogens with zero attached hydrogens (tertiary/aromatic N) is 6. The third kappa shape index (κ3) is 4.57. The smallest absolute Gasteiger partial charge is 0.338 e. The summed E-state index contributed by atoms with van der Waals surface area (Å²) < 4.78 is 6.70. The lowest BCUT2D eigenvalue weighted by Gasteiger charge is -2.21. The second kappa shape index (κ2) is 9.41. The van der Waals surface area contributed by atoms with Crippen LogP contribution in [-0.4, -0.2) is 58.7 Å². The van der Waals surface area contributed by atoms with Crippen molar-refractivity contribution in [2.45, 2.75) is 25.4 Å². The van der Waals surface area contributed by atoms with Gasteiger partial charge in [0.2, 0.25) is 0 Å². The molecule has 2 heterocycles. The van der Waals surface area contributed by atoms with E-state index in [1.165, 1.54) is 36.9 Å². The molecule has 3 rings (SSSR count). The van der Waals surface area contributed by atoms with Crippen LogP contribution in [0.3, 0.4) is 0 Å². The van der Waals surface area contributed by atoms with Crippen LogP contribution in [-0.2, 0) is 9.53 Å². The zero-order valence-corrected chi connectivity index (χ0v) is 17.2. The Labute approximate surface area is 177 Å². The Hall–Kier alpha value is -3.69. The maximum atomic E-state index is 13.2. The number of aromatic nitrogens is 2. The first-order valence-electron chi connectivity index (χ1n) is 9.63. The average molecular weight is 426 g/mol. The van der Waals surface area contributed by atoms with Crippen LogP contribution < -0.4 is 11.2 Å². The van der Waals surface area contributed by atoms with E-state index in [1.807, 2.05) is 0 Å². The fourth-order valence-electron chi connectivity index (χ4n) is 3.75. The van der Waals surface area contributed by atoms with Crippen molar-refractivity contribution in [1.29, 1.82) is 0 Å². The fraction of sp³-hybridized carbons (Fsp3) is 0.400. The second-order valence-corrected chi connectivity index (χ2v) is 7.28. The number of hydrogen-bond acceptors (Lipinski definition) is 7. The highest BCUT2D eigenvalue weighted by molar-refractivity contribution is 5.95. The van der Waals surface area contributed by atoms with E-state index in [9.17, 15) is 19.2 Å². The maximum absolute atomic E-state index is 13.2. The van der Waals surface area contributed by atoms with E-state index in [-0.39, 0.29) is 36.8 Å². The van der Waals surface area contributed by atoms with Crippen molar-refractivity contribution in [2.75, 3.05) is 26.7 Å². The summed E-state index contributed by atoms with van der Waals surface area (Å²) in [4.78, 5) is 55.0. The summed E-state index contributed by atoms with van der Waals surface area (Å²) in [5, 5.41) is 3.59. The van der Waals surface area contributed by atoms with Crippen molar-refractivity contribution in [1.82, 2.24) is 14.0 Å². The molecule has 1 fully saturated rings. The Bertz CT molecular complexity index is 1150. The Morgan fingerprint density at radius 2 is 1.97 bits per heavy atom. The largest absolute Gasteiger partial charge is 0.468 e. The molecule has 1 aliphatic heterocycles. The summed E-state index contributed by atoms with van der Waals surface area (Å²) in [6, 6.07) is 7.37. The first-order chi connectivity index (χ1) is 14.9. The molecule has 31 heavy (non-hydrogen) atoms. The number of aryl methyl sites for hydroxylation is 1. The minimum atomic E-state index is -0.753. The van der Waals surface area contributed by atoms with Gasteiger partial charge in [0, 0.05) is 41.4 Å². The third-order valence-electron chi connectivity index (χ3n) is 5.32. The highest BCUT2D eigenvalue weighted by Gasteiger charge is 2.35. The minimum absolute atomic E-state index is 0.0328.